The predicted molar refractivity (Wildman–Crippen MR) is 300 cm³/mol. The summed E-state index contributed by atoms with van der Waals surface area (Å²) in [5, 5.41) is 24.3. The molecule has 6 aromatic rings. The first kappa shape index (κ1) is 51.3. The molecule has 1 amide bonds. The van der Waals surface area contributed by atoms with Crippen molar-refractivity contribution in [1.82, 2.24) is 9.47 Å². The van der Waals surface area contributed by atoms with Crippen LogP contribution in [0.5, 0.6) is 0 Å². The van der Waals surface area contributed by atoms with Crippen molar-refractivity contribution in [2.24, 2.45) is 5.92 Å². The molecule has 376 valence electrons. The number of Topliss-reactive ketones (excluding diaryl/α,β-unsaturated/α-hetero) is 1. The third-order valence-corrected chi connectivity index (χ3v) is 17.2. The molecule has 1 aromatic heterocycles. The molecule has 0 radical (unpaired) electrons. The summed E-state index contributed by atoms with van der Waals surface area (Å²) in [6.45, 7) is 15.5. The van der Waals surface area contributed by atoms with E-state index in [1.54, 1.807) is 0 Å². The molecule has 3 aliphatic heterocycles. The monoisotopic (exact) mass is 1030 g/mol. The Morgan fingerprint density at radius 1 is 0.808 bits per heavy atom. The normalized spacial score (nSPS) is 18.6. The maximum absolute atomic E-state index is 14.3. The minimum Gasteiger partial charge on any atom is -0.481 e. The Morgan fingerprint density at radius 2 is 1.44 bits per heavy atom. The van der Waals surface area contributed by atoms with Crippen molar-refractivity contribution in [1.29, 1.82) is 0 Å². The highest BCUT2D eigenvalue weighted by Crippen LogP contribution is 2.54. The molecule has 1 saturated heterocycles. The molecule has 11 nitrogen and oxygen atoms in total. The summed E-state index contributed by atoms with van der Waals surface area (Å²) < 4.78 is 2.64. The highest BCUT2D eigenvalue weighted by atomic mass is 32.2. The van der Waals surface area contributed by atoms with E-state index in [1.165, 1.54) is 26.4 Å². The van der Waals surface area contributed by atoms with Gasteiger partial charge in [-0.2, -0.15) is 0 Å². The Morgan fingerprint density at radius 3 is 2.08 bits per heavy atom. The zero-order chi connectivity index (χ0) is 52.1. The fourth-order valence-corrected chi connectivity index (χ4v) is 13.7. The van der Waals surface area contributed by atoms with Crippen molar-refractivity contribution in [2.75, 3.05) is 29.4 Å². The van der Waals surface area contributed by atoms with E-state index < -0.39 is 22.8 Å². The van der Waals surface area contributed by atoms with Crippen molar-refractivity contribution in [3.63, 3.8) is 0 Å². The molecule has 4 heterocycles. The van der Waals surface area contributed by atoms with Crippen LogP contribution >= 0.6 is 35.3 Å². The Kier molecular flexibility index (Phi) is 14.3. The maximum Gasteiger partial charge on any atom is 0.305 e. The largest absolute Gasteiger partial charge is 0.481 e. The van der Waals surface area contributed by atoms with Gasteiger partial charge in [0.15, 0.2) is 5.78 Å². The number of benzene rings is 5. The molecule has 73 heavy (non-hydrogen) atoms. The highest BCUT2D eigenvalue weighted by molar-refractivity contribution is 8.30. The third kappa shape index (κ3) is 9.72. The van der Waals surface area contributed by atoms with Crippen LogP contribution in [0.1, 0.15) is 89.1 Å². The lowest BCUT2D eigenvalue weighted by Gasteiger charge is -2.32. The maximum atomic E-state index is 14.3. The SMILES string of the molecule is CCN1C(=O)/C(=c2\s/c(=C\c3ccc(CC(C)C)cc3)c(=O)n2CC(=O)Cc2ccc3c(c2)C(C)(C)C(/C=C/C=C2/N(CCC(=O)O)c4c(c5ccccc5c5ccccc45)C2(C)C)N3CCC(=O)O)SC1=S. The first-order valence-electron chi connectivity index (χ1n) is 24.8. The van der Waals surface area contributed by atoms with Crippen molar-refractivity contribution in [3.8, 4) is 0 Å². The Hall–Kier alpha value is -6.61. The predicted octanol–water partition coefficient (Wildman–Crippen LogP) is 9.70. The van der Waals surface area contributed by atoms with E-state index in [0.717, 1.165) is 79.1 Å². The van der Waals surface area contributed by atoms with Gasteiger partial charge in [0.1, 0.15) is 13.9 Å². The number of nitrogens with zero attached hydrogens (tertiary/aromatic N) is 4. The van der Waals surface area contributed by atoms with Gasteiger partial charge in [-0.15, -0.1) is 11.3 Å². The van der Waals surface area contributed by atoms with Crippen LogP contribution in [0.25, 0.3) is 32.5 Å². The molecule has 2 N–H and O–H groups in total. The Labute approximate surface area is 438 Å². The van der Waals surface area contributed by atoms with Crippen molar-refractivity contribution in [2.45, 2.75) is 97.6 Å². The van der Waals surface area contributed by atoms with Crippen LogP contribution in [0.15, 0.2) is 120 Å². The number of fused-ring (bicyclic) bond motifs is 7. The van der Waals surface area contributed by atoms with E-state index in [0.29, 0.717) is 30.9 Å². The van der Waals surface area contributed by atoms with Crippen LogP contribution in [-0.4, -0.2) is 73.3 Å². The van der Waals surface area contributed by atoms with Crippen LogP contribution in [0.3, 0.4) is 0 Å². The number of ketones is 1. The number of thioether (sulfide) groups is 1. The molecule has 14 heteroatoms. The lowest BCUT2D eigenvalue weighted by Crippen LogP contribution is -2.41. The van der Waals surface area contributed by atoms with Gasteiger partial charge in [0, 0.05) is 53.7 Å². The number of rotatable bonds is 16. The molecule has 0 saturated carbocycles. The molecule has 5 aromatic carbocycles. The molecule has 1 unspecified atom stereocenters. The van der Waals surface area contributed by atoms with Gasteiger partial charge in [0.05, 0.1) is 35.6 Å². The summed E-state index contributed by atoms with van der Waals surface area (Å²) in [6.07, 6.45) is 8.84. The molecular formula is C59H60N4O7S3. The molecule has 9 rings (SSSR count). The van der Waals surface area contributed by atoms with Crippen LogP contribution in [0, 0.1) is 5.92 Å². The van der Waals surface area contributed by atoms with Gasteiger partial charge in [-0.25, -0.2) is 0 Å². The average Bonchev–Trinajstić information content (AvgIpc) is 3.96. The van der Waals surface area contributed by atoms with Crippen molar-refractivity contribution in [3.05, 3.63) is 162 Å². The number of thiazole rings is 1. The minimum atomic E-state index is -0.916. The minimum absolute atomic E-state index is 0.0181. The number of thiocarbonyl (C=S) groups is 1. The summed E-state index contributed by atoms with van der Waals surface area (Å²) in [4.78, 5) is 72.5. The second-order valence-electron chi connectivity index (χ2n) is 20.6. The molecule has 0 bridgehead atoms. The second-order valence-corrected chi connectivity index (χ2v) is 23.3. The number of carbonyl (C=O) groups excluding carboxylic acids is 2. The first-order valence-corrected chi connectivity index (χ1v) is 26.9. The van der Waals surface area contributed by atoms with Gasteiger partial charge in [-0.1, -0.05) is 163 Å². The van der Waals surface area contributed by atoms with Crippen molar-refractivity contribution < 1.29 is 29.4 Å². The highest BCUT2D eigenvalue weighted by Gasteiger charge is 2.45. The Balaban J connectivity index is 1.04. The number of anilines is 2. The van der Waals surface area contributed by atoms with Gasteiger partial charge < -0.3 is 20.0 Å². The van der Waals surface area contributed by atoms with Gasteiger partial charge in [-0.3, -0.25) is 33.4 Å². The molecular weight excluding hydrogens is 973 g/mol. The van der Waals surface area contributed by atoms with Gasteiger partial charge >= 0.3 is 11.9 Å². The molecule has 1 atom stereocenters. The van der Waals surface area contributed by atoms with E-state index in [1.807, 2.05) is 73.7 Å². The van der Waals surface area contributed by atoms with Crippen LogP contribution in [-0.2, 0) is 49.4 Å². The third-order valence-electron chi connectivity index (χ3n) is 14.5. The lowest BCUT2D eigenvalue weighted by atomic mass is 9.79. The smallest absolute Gasteiger partial charge is 0.305 e. The summed E-state index contributed by atoms with van der Waals surface area (Å²) in [7, 11) is 0. The van der Waals surface area contributed by atoms with E-state index >= 15 is 0 Å². The lowest BCUT2D eigenvalue weighted by molar-refractivity contribution is -0.137. The summed E-state index contributed by atoms with van der Waals surface area (Å²) >= 11 is 7.89. The number of carboxylic acids is 2. The molecule has 1 fully saturated rings. The number of carboxylic acid groups (broad SMARTS) is 2. The number of aliphatic carboxylic acids is 2. The van der Waals surface area contributed by atoms with Crippen molar-refractivity contribution >= 4 is 107 Å². The van der Waals surface area contributed by atoms with Crippen LogP contribution < -0.4 is 24.6 Å². The fourth-order valence-electron chi connectivity index (χ4n) is 11.1. The summed E-state index contributed by atoms with van der Waals surface area (Å²) in [5.41, 5.74) is 6.31. The van der Waals surface area contributed by atoms with Gasteiger partial charge in [0.2, 0.25) is 0 Å². The van der Waals surface area contributed by atoms with Crippen LogP contribution in [0.4, 0.5) is 11.4 Å². The van der Waals surface area contributed by atoms with Gasteiger partial charge in [0.25, 0.3) is 11.5 Å². The Bertz CT molecular complexity index is 3510. The molecule has 0 spiro atoms. The zero-order valence-corrected chi connectivity index (χ0v) is 44.7. The number of amides is 1. The quantitative estimate of drug-likeness (QED) is 0.0708. The van der Waals surface area contributed by atoms with Crippen LogP contribution in [0.2, 0.25) is 0 Å². The number of carbonyl (C=O) groups is 4. The summed E-state index contributed by atoms with van der Waals surface area (Å²) in [5.74, 6) is -1.80. The topological polar surface area (TPSA) is 140 Å². The standard InChI is InChI=1S/C59H60N4O7S3/c1-8-60-55(70)53(73-57(60)71)56-63(54(69)46(72-56)33-37-22-20-36(21-23-37)30-35(2)3)34-39(64)31-38-24-25-45-44(32-38)58(4,5)47(61(45)28-26-49(65)66)18-13-19-48-59(6,7)51-42-16-11-9-14-40(42)41-15-10-12-17-43(41)52(51)62(48)29-27-50(67)68/h9-25,32-33,35,47H,8,26-31,34H2,1-7H3,(H,65,66)(H,67,68)/b18-13+,46-33-,48-19+,56-53+. The number of hydrogen-bond donors (Lipinski definition) is 2. The van der Waals surface area contributed by atoms with E-state index in [-0.39, 0.29) is 62.2 Å². The van der Waals surface area contributed by atoms with E-state index in [4.69, 9.17) is 12.2 Å². The zero-order valence-electron chi connectivity index (χ0n) is 42.2. The number of aromatic nitrogens is 1. The number of allylic oxidation sites excluding steroid dienone is 3. The first-order chi connectivity index (χ1) is 34.8. The van der Waals surface area contributed by atoms with Gasteiger partial charge in [-0.05, 0) is 81.5 Å². The van der Waals surface area contributed by atoms with E-state index in [2.05, 4.69) is 99.9 Å². The van der Waals surface area contributed by atoms with E-state index in [9.17, 15) is 34.2 Å². The molecule has 3 aliphatic rings. The fraction of sp³-hybridized carbons (Fsp3) is 0.322. The summed E-state index contributed by atoms with van der Waals surface area (Å²) in [6, 6.07) is 30.3. The average molecular weight is 1030 g/mol. The number of hydrogen-bond acceptors (Lipinski definition) is 10. The molecule has 0 aliphatic carbocycles. The second kappa shape index (κ2) is 20.4.